The highest BCUT2D eigenvalue weighted by Crippen LogP contribution is 2.39. The number of nitrogens with zero attached hydrogens (tertiary/aromatic N) is 3. The van der Waals surface area contributed by atoms with Crippen molar-refractivity contribution in [2.45, 2.75) is 52.5 Å². The maximum atomic E-state index is 12.5. The standard InChI is InChI=1S/C22H26N2O4S.C7H13N3/c1-4-6-17(15(3)28-5-2)8-10-21(26)24-22-19(12-23)18-9-7-16(13-27-14-25)11-20(18)29-22;1-7-5-10(6-9-7)4-3-8-2/h4,6,14,16H,1,3,5,7-11,13H2,2H3,(H,24,26);5-6,8H,3-4H2,1-2H3/b17-6-;. The topological polar surface area (TPSA) is 118 Å². The molecule has 3 rings (SSSR count). The molecule has 2 aromatic rings. The Morgan fingerprint density at radius 2 is 2.21 bits per heavy atom. The lowest BCUT2D eigenvalue weighted by Crippen LogP contribution is -2.18. The zero-order chi connectivity index (χ0) is 28.6. The molecule has 0 aliphatic heterocycles. The molecular weight excluding hydrogens is 514 g/mol. The van der Waals surface area contributed by atoms with Crippen LogP contribution in [0.4, 0.5) is 5.00 Å². The molecule has 39 heavy (non-hydrogen) atoms. The van der Waals surface area contributed by atoms with Crippen LogP contribution in [0.25, 0.3) is 0 Å². The molecule has 10 heteroatoms. The normalized spacial score (nSPS) is 14.2. The van der Waals surface area contributed by atoms with Gasteiger partial charge in [0.1, 0.15) is 16.8 Å². The van der Waals surface area contributed by atoms with E-state index in [-0.39, 0.29) is 18.2 Å². The van der Waals surface area contributed by atoms with Crippen molar-refractivity contribution in [3.05, 3.63) is 70.9 Å². The highest BCUT2D eigenvalue weighted by molar-refractivity contribution is 7.16. The fourth-order valence-electron chi connectivity index (χ4n) is 4.18. The molecule has 210 valence electrons. The molecular formula is C29H39N5O4S. The van der Waals surface area contributed by atoms with Gasteiger partial charge in [0.15, 0.2) is 0 Å². The van der Waals surface area contributed by atoms with Crippen molar-refractivity contribution in [2.75, 3.05) is 32.1 Å². The lowest BCUT2D eigenvalue weighted by Gasteiger charge is -2.20. The molecule has 0 spiro atoms. The van der Waals surface area contributed by atoms with Crippen LogP contribution in [-0.4, -0.2) is 48.7 Å². The summed E-state index contributed by atoms with van der Waals surface area (Å²) in [5, 5.41) is 16.2. The summed E-state index contributed by atoms with van der Waals surface area (Å²) in [5.74, 6) is 0.617. The minimum absolute atomic E-state index is 0.166. The number of hydrogen-bond donors (Lipinski definition) is 2. The first-order valence-corrected chi connectivity index (χ1v) is 13.8. The largest absolute Gasteiger partial charge is 0.494 e. The van der Waals surface area contributed by atoms with Crippen LogP contribution in [0, 0.1) is 24.2 Å². The predicted molar refractivity (Wildman–Crippen MR) is 154 cm³/mol. The van der Waals surface area contributed by atoms with Crippen LogP contribution in [0.1, 0.15) is 47.9 Å². The number of thiophene rings is 1. The molecule has 0 bridgehead atoms. The van der Waals surface area contributed by atoms with Gasteiger partial charge < -0.3 is 24.7 Å². The van der Waals surface area contributed by atoms with Crippen molar-refractivity contribution in [3.8, 4) is 6.07 Å². The van der Waals surface area contributed by atoms with Crippen molar-refractivity contribution >= 4 is 28.7 Å². The molecule has 0 fully saturated rings. The van der Waals surface area contributed by atoms with E-state index < -0.39 is 0 Å². The van der Waals surface area contributed by atoms with E-state index in [9.17, 15) is 14.9 Å². The summed E-state index contributed by atoms with van der Waals surface area (Å²) in [4.78, 5) is 28.1. The first kappa shape index (κ1) is 31.5. The molecule has 1 unspecified atom stereocenters. The summed E-state index contributed by atoms with van der Waals surface area (Å²) in [6, 6.07) is 2.24. The molecule has 1 atom stereocenters. The Morgan fingerprint density at radius 1 is 1.41 bits per heavy atom. The first-order valence-electron chi connectivity index (χ1n) is 13.0. The number of hydrogen-bond acceptors (Lipinski definition) is 8. The lowest BCUT2D eigenvalue weighted by atomic mass is 9.88. The molecule has 9 nitrogen and oxygen atoms in total. The summed E-state index contributed by atoms with van der Waals surface area (Å²) in [5.41, 5.74) is 3.46. The van der Waals surface area contributed by atoms with E-state index >= 15 is 0 Å². The number of allylic oxidation sites excluding steroid dienone is 3. The van der Waals surface area contributed by atoms with Crippen LogP contribution in [0.5, 0.6) is 0 Å². The van der Waals surface area contributed by atoms with Crippen molar-refractivity contribution in [3.63, 3.8) is 0 Å². The van der Waals surface area contributed by atoms with Crippen molar-refractivity contribution in [1.82, 2.24) is 14.9 Å². The molecule has 0 saturated carbocycles. The van der Waals surface area contributed by atoms with E-state index in [1.807, 2.05) is 33.4 Å². The second-order valence-electron chi connectivity index (χ2n) is 9.05. The van der Waals surface area contributed by atoms with E-state index in [2.05, 4.69) is 39.4 Å². The number of aromatic nitrogens is 2. The van der Waals surface area contributed by atoms with Gasteiger partial charge in [0.05, 0.1) is 30.8 Å². The Bertz CT molecular complexity index is 1190. The van der Waals surface area contributed by atoms with Gasteiger partial charge in [-0.05, 0) is 63.6 Å². The molecule has 0 saturated heterocycles. The van der Waals surface area contributed by atoms with Gasteiger partial charge in [-0.1, -0.05) is 25.3 Å². The van der Waals surface area contributed by atoms with Gasteiger partial charge in [0, 0.05) is 30.6 Å². The Kier molecular flexibility index (Phi) is 13.8. The molecule has 2 N–H and O–H groups in total. The molecule has 1 amide bonds. The Morgan fingerprint density at radius 3 is 2.82 bits per heavy atom. The SMILES string of the molecule is C=C/C=C(/CCC(=O)Nc1sc2c(c1C#N)CCC(COC=O)C2)C(=C)OCC.CNCCn1cnc(C)c1. The zero-order valence-corrected chi connectivity index (χ0v) is 23.9. The number of amides is 1. The maximum Gasteiger partial charge on any atom is 0.293 e. The number of carbonyl (C=O) groups is 2. The number of rotatable bonds is 14. The zero-order valence-electron chi connectivity index (χ0n) is 23.1. The number of aryl methyl sites for hydroxylation is 1. The van der Waals surface area contributed by atoms with Crippen LogP contribution in [0.15, 0.2) is 49.2 Å². The number of fused-ring (bicyclic) bond motifs is 1. The number of carbonyl (C=O) groups excluding carboxylic acids is 2. The summed E-state index contributed by atoms with van der Waals surface area (Å²) in [6.07, 6.45) is 10.4. The average Bonchev–Trinajstić information content (AvgIpc) is 3.50. The summed E-state index contributed by atoms with van der Waals surface area (Å²) < 4.78 is 12.4. The van der Waals surface area contributed by atoms with Crippen molar-refractivity contribution in [1.29, 1.82) is 5.26 Å². The van der Waals surface area contributed by atoms with E-state index in [0.29, 0.717) is 42.4 Å². The fourth-order valence-corrected chi connectivity index (χ4v) is 5.50. The van der Waals surface area contributed by atoms with Crippen LogP contribution >= 0.6 is 11.3 Å². The average molecular weight is 554 g/mol. The highest BCUT2D eigenvalue weighted by Gasteiger charge is 2.26. The van der Waals surface area contributed by atoms with Gasteiger partial charge in [-0.2, -0.15) is 5.26 Å². The van der Waals surface area contributed by atoms with Gasteiger partial charge in [0.25, 0.3) is 6.47 Å². The second kappa shape index (κ2) is 17.0. The monoisotopic (exact) mass is 553 g/mol. The summed E-state index contributed by atoms with van der Waals surface area (Å²) in [6.45, 7) is 14.8. The van der Waals surface area contributed by atoms with Crippen LogP contribution in [0.2, 0.25) is 0 Å². The van der Waals surface area contributed by atoms with Crippen LogP contribution < -0.4 is 10.6 Å². The van der Waals surface area contributed by atoms with E-state index in [0.717, 1.165) is 54.1 Å². The Balaban J connectivity index is 0.000000446. The van der Waals surface area contributed by atoms with Gasteiger partial charge in [-0.15, -0.1) is 11.3 Å². The number of likely N-dealkylation sites (N-methyl/N-ethyl adjacent to an activating group) is 1. The van der Waals surface area contributed by atoms with E-state index in [4.69, 9.17) is 9.47 Å². The van der Waals surface area contributed by atoms with Crippen LogP contribution in [0.3, 0.4) is 0 Å². The highest BCUT2D eigenvalue weighted by atomic mass is 32.1. The molecule has 1 aliphatic rings. The quantitative estimate of drug-likeness (QED) is 0.198. The number of imidazole rings is 1. The lowest BCUT2D eigenvalue weighted by molar-refractivity contribution is -0.130. The van der Waals surface area contributed by atoms with Crippen molar-refractivity contribution < 1.29 is 19.1 Å². The van der Waals surface area contributed by atoms with Gasteiger partial charge in [-0.3, -0.25) is 9.59 Å². The molecule has 0 aromatic carbocycles. The smallest absolute Gasteiger partial charge is 0.293 e. The van der Waals surface area contributed by atoms with E-state index in [1.165, 1.54) is 11.3 Å². The third kappa shape index (κ3) is 10.2. The number of nitriles is 1. The minimum Gasteiger partial charge on any atom is -0.494 e. The van der Waals surface area contributed by atoms with Gasteiger partial charge in [-0.25, -0.2) is 4.98 Å². The summed E-state index contributed by atoms with van der Waals surface area (Å²) in [7, 11) is 1.95. The first-order chi connectivity index (χ1) is 18.9. The second-order valence-corrected chi connectivity index (χ2v) is 10.2. The summed E-state index contributed by atoms with van der Waals surface area (Å²) >= 11 is 1.44. The van der Waals surface area contributed by atoms with Gasteiger partial charge in [0.2, 0.25) is 5.91 Å². The van der Waals surface area contributed by atoms with E-state index in [1.54, 1.807) is 12.2 Å². The minimum atomic E-state index is -0.166. The van der Waals surface area contributed by atoms with Gasteiger partial charge >= 0.3 is 0 Å². The number of ether oxygens (including phenoxy) is 2. The Labute approximate surface area is 235 Å². The Hall–Kier alpha value is -3.68. The fraction of sp³-hybridized carbons (Fsp3) is 0.448. The molecule has 2 aromatic heterocycles. The third-order valence-corrected chi connectivity index (χ3v) is 7.30. The maximum absolute atomic E-state index is 12.5. The third-order valence-electron chi connectivity index (χ3n) is 6.13. The molecule has 2 heterocycles. The molecule has 1 aliphatic carbocycles. The van der Waals surface area contributed by atoms with Crippen molar-refractivity contribution in [2.24, 2.45) is 5.92 Å². The number of anilines is 1. The predicted octanol–water partition coefficient (Wildman–Crippen LogP) is 4.69. The number of nitrogens with one attached hydrogen (secondary N) is 2. The molecule has 0 radical (unpaired) electrons. The van der Waals surface area contributed by atoms with Crippen LogP contribution in [-0.2, 0) is 38.4 Å².